The summed E-state index contributed by atoms with van der Waals surface area (Å²) in [6.07, 6.45) is 0. The van der Waals surface area contributed by atoms with E-state index >= 15 is 0 Å². The molecule has 0 atom stereocenters. The normalized spacial score (nSPS) is 13.7. The van der Waals surface area contributed by atoms with Crippen LogP contribution in [0.3, 0.4) is 0 Å². The molecular weight excluding hydrogens is 316 g/mol. The lowest BCUT2D eigenvalue weighted by atomic mass is 10.1. The molecule has 4 rings (SSSR count). The summed E-state index contributed by atoms with van der Waals surface area (Å²) >= 11 is 1.50. The Labute approximate surface area is 134 Å². The van der Waals surface area contributed by atoms with Crippen molar-refractivity contribution in [1.82, 2.24) is 9.63 Å². The Hall–Kier alpha value is -2.93. The highest BCUT2D eigenvalue weighted by Crippen LogP contribution is 2.26. The van der Waals surface area contributed by atoms with Crippen LogP contribution in [0, 0.1) is 0 Å². The Bertz CT molecular complexity index is 950. The molecule has 1 aromatic carbocycles. The smallest absolute Gasteiger partial charge is 0.337 e. The molecule has 0 fully saturated rings. The number of hydroxylamine groups is 2. The summed E-state index contributed by atoms with van der Waals surface area (Å²) in [7, 11) is 1.73. The van der Waals surface area contributed by atoms with Gasteiger partial charge in [0.1, 0.15) is 5.69 Å². The number of fused-ring (bicyclic) bond motifs is 2. The quantitative estimate of drug-likeness (QED) is 0.679. The summed E-state index contributed by atoms with van der Waals surface area (Å²) in [5, 5.41) is 2.44. The Kier molecular flexibility index (Phi) is 2.85. The van der Waals surface area contributed by atoms with Crippen molar-refractivity contribution in [2.45, 2.75) is 0 Å². The van der Waals surface area contributed by atoms with Crippen molar-refractivity contribution in [2.75, 3.05) is 0 Å². The number of hydrogen-bond acceptors (Lipinski definition) is 5. The Morgan fingerprint density at radius 1 is 1.09 bits per heavy atom. The van der Waals surface area contributed by atoms with Crippen LogP contribution in [0.15, 0.2) is 41.8 Å². The monoisotopic (exact) mass is 326 g/mol. The molecule has 2 amide bonds. The van der Waals surface area contributed by atoms with Gasteiger partial charge in [-0.25, -0.2) is 4.79 Å². The number of carbonyl (C=O) groups excluding carboxylic acids is 3. The molecule has 3 heterocycles. The Morgan fingerprint density at radius 3 is 2.35 bits per heavy atom. The van der Waals surface area contributed by atoms with Crippen molar-refractivity contribution in [3.63, 3.8) is 0 Å². The fraction of sp³-hybridized carbons (Fsp3) is 0.0625. The number of nitrogens with zero attached hydrogens (tertiary/aromatic N) is 2. The van der Waals surface area contributed by atoms with Gasteiger partial charge < -0.3 is 9.40 Å². The maximum absolute atomic E-state index is 12.3. The molecule has 114 valence electrons. The third-order valence-electron chi connectivity index (χ3n) is 3.80. The van der Waals surface area contributed by atoms with Crippen molar-refractivity contribution in [3.8, 4) is 0 Å². The highest BCUT2D eigenvalue weighted by molar-refractivity contribution is 7.17. The maximum atomic E-state index is 12.3. The van der Waals surface area contributed by atoms with Gasteiger partial charge >= 0.3 is 5.97 Å². The summed E-state index contributed by atoms with van der Waals surface area (Å²) in [5.74, 6) is -2.00. The standard InChI is InChI=1S/C16H10N2O4S/c1-17-11-6-7-23-13(11)8-12(17)16(21)22-18-14(19)9-4-2-3-5-10(9)15(18)20/h2-8H,1H3. The van der Waals surface area contributed by atoms with Crippen LogP contribution >= 0.6 is 11.3 Å². The van der Waals surface area contributed by atoms with Crippen molar-refractivity contribution in [3.05, 3.63) is 58.6 Å². The van der Waals surface area contributed by atoms with Gasteiger partial charge in [-0.05, 0) is 29.6 Å². The van der Waals surface area contributed by atoms with E-state index in [0.717, 1.165) is 10.2 Å². The molecule has 0 radical (unpaired) electrons. The first-order chi connectivity index (χ1) is 11.1. The lowest BCUT2D eigenvalue weighted by Crippen LogP contribution is -2.33. The zero-order valence-electron chi connectivity index (χ0n) is 12.0. The second-order valence-corrected chi connectivity index (χ2v) is 6.04. The number of amides is 2. The van der Waals surface area contributed by atoms with Crippen molar-refractivity contribution < 1.29 is 19.2 Å². The molecule has 2 aromatic heterocycles. The fourth-order valence-electron chi connectivity index (χ4n) is 2.63. The third-order valence-corrected chi connectivity index (χ3v) is 4.66. The highest BCUT2D eigenvalue weighted by Gasteiger charge is 2.39. The lowest BCUT2D eigenvalue weighted by Gasteiger charge is -2.12. The first-order valence-electron chi connectivity index (χ1n) is 6.81. The summed E-state index contributed by atoms with van der Waals surface area (Å²) in [6, 6.07) is 9.93. The van der Waals surface area contributed by atoms with E-state index in [2.05, 4.69) is 0 Å². The lowest BCUT2D eigenvalue weighted by molar-refractivity contribution is -0.0590. The van der Waals surface area contributed by atoms with Crippen LogP contribution in [0.2, 0.25) is 0 Å². The summed E-state index contributed by atoms with van der Waals surface area (Å²) in [5.41, 5.74) is 1.64. The second-order valence-electron chi connectivity index (χ2n) is 5.09. The van der Waals surface area contributed by atoms with E-state index in [1.165, 1.54) is 23.5 Å². The minimum atomic E-state index is -0.745. The number of thiophene rings is 1. The molecule has 23 heavy (non-hydrogen) atoms. The third kappa shape index (κ3) is 1.90. The highest BCUT2D eigenvalue weighted by atomic mass is 32.1. The van der Waals surface area contributed by atoms with E-state index < -0.39 is 17.8 Å². The van der Waals surface area contributed by atoms with E-state index in [4.69, 9.17) is 4.84 Å². The van der Waals surface area contributed by atoms with Crippen LogP contribution in [0.1, 0.15) is 31.2 Å². The predicted octanol–water partition coefficient (Wildman–Crippen LogP) is 2.61. The summed E-state index contributed by atoms with van der Waals surface area (Å²) in [4.78, 5) is 41.8. The average molecular weight is 326 g/mol. The van der Waals surface area contributed by atoms with Crippen LogP contribution in [0.25, 0.3) is 10.2 Å². The van der Waals surface area contributed by atoms with Gasteiger partial charge in [-0.3, -0.25) is 9.59 Å². The maximum Gasteiger partial charge on any atom is 0.380 e. The van der Waals surface area contributed by atoms with Crippen molar-refractivity contribution in [2.24, 2.45) is 7.05 Å². The van der Waals surface area contributed by atoms with E-state index in [-0.39, 0.29) is 16.8 Å². The molecule has 0 saturated carbocycles. The minimum Gasteiger partial charge on any atom is -0.337 e. The molecule has 0 bridgehead atoms. The first kappa shape index (κ1) is 13.7. The topological polar surface area (TPSA) is 68.6 Å². The largest absolute Gasteiger partial charge is 0.380 e. The van der Waals surface area contributed by atoms with Gasteiger partial charge in [-0.15, -0.1) is 11.3 Å². The number of hydrogen-bond donors (Lipinski definition) is 0. The van der Waals surface area contributed by atoms with E-state index in [0.29, 0.717) is 5.06 Å². The number of imide groups is 1. The van der Waals surface area contributed by atoms with Crippen LogP contribution in [-0.4, -0.2) is 27.4 Å². The van der Waals surface area contributed by atoms with Gasteiger partial charge in [-0.2, -0.15) is 0 Å². The van der Waals surface area contributed by atoms with E-state index in [1.54, 1.807) is 29.8 Å². The molecular formula is C16H10N2O4S. The van der Waals surface area contributed by atoms with E-state index in [1.807, 2.05) is 11.4 Å². The molecule has 0 N–H and O–H groups in total. The number of aryl methyl sites for hydroxylation is 1. The van der Waals surface area contributed by atoms with Gasteiger partial charge in [-0.1, -0.05) is 17.2 Å². The molecule has 1 aliphatic heterocycles. The van der Waals surface area contributed by atoms with Crippen molar-refractivity contribution >= 4 is 39.3 Å². The van der Waals surface area contributed by atoms with Gasteiger partial charge in [0.25, 0.3) is 11.8 Å². The van der Waals surface area contributed by atoms with E-state index in [9.17, 15) is 14.4 Å². The molecule has 0 unspecified atom stereocenters. The Balaban J connectivity index is 1.65. The van der Waals surface area contributed by atoms with Crippen LogP contribution < -0.4 is 0 Å². The first-order valence-corrected chi connectivity index (χ1v) is 7.69. The zero-order valence-corrected chi connectivity index (χ0v) is 12.8. The second kappa shape index (κ2) is 4.79. The van der Waals surface area contributed by atoms with Gasteiger partial charge in [0.05, 0.1) is 21.3 Å². The van der Waals surface area contributed by atoms with Crippen LogP contribution in [-0.2, 0) is 11.9 Å². The number of aromatic nitrogens is 1. The Morgan fingerprint density at radius 2 is 1.74 bits per heavy atom. The molecule has 1 aliphatic rings. The number of carbonyl (C=O) groups is 3. The number of benzene rings is 1. The van der Waals surface area contributed by atoms with Crippen LogP contribution in [0.5, 0.6) is 0 Å². The minimum absolute atomic E-state index is 0.234. The predicted molar refractivity (Wildman–Crippen MR) is 83.2 cm³/mol. The van der Waals surface area contributed by atoms with Crippen LogP contribution in [0.4, 0.5) is 0 Å². The molecule has 0 saturated heterocycles. The summed E-state index contributed by atoms with van der Waals surface area (Å²) < 4.78 is 2.61. The molecule has 3 aromatic rings. The molecule has 0 spiro atoms. The van der Waals surface area contributed by atoms with Crippen molar-refractivity contribution in [1.29, 1.82) is 0 Å². The zero-order chi connectivity index (χ0) is 16.1. The fourth-order valence-corrected chi connectivity index (χ4v) is 3.47. The van der Waals surface area contributed by atoms with Gasteiger partial charge in [0, 0.05) is 7.05 Å². The number of rotatable bonds is 2. The molecule has 0 aliphatic carbocycles. The molecule has 6 nitrogen and oxygen atoms in total. The summed E-state index contributed by atoms with van der Waals surface area (Å²) in [6.45, 7) is 0. The molecule has 7 heteroatoms. The SMILES string of the molecule is Cn1c(C(=O)ON2C(=O)c3ccccc3C2=O)cc2sccc21. The van der Waals surface area contributed by atoms with Gasteiger partial charge in [0.15, 0.2) is 0 Å². The average Bonchev–Trinajstić information content (AvgIpc) is 3.19. The van der Waals surface area contributed by atoms with Gasteiger partial charge in [0.2, 0.25) is 0 Å².